The molecule has 0 fully saturated rings. The summed E-state index contributed by atoms with van der Waals surface area (Å²) in [6.07, 6.45) is 21.7. The molecule has 4 nitrogen and oxygen atoms in total. The maximum absolute atomic E-state index is 10.3. The quantitative estimate of drug-likeness (QED) is 0.146. The number of carboxylic acid groups (broad SMARTS) is 1. The molecular formula is C26H56AlO4. The summed E-state index contributed by atoms with van der Waals surface area (Å²) in [5.41, 5.74) is 0. The summed E-state index contributed by atoms with van der Waals surface area (Å²) < 4.78 is 0. The lowest BCUT2D eigenvalue weighted by Gasteiger charge is -2.03. The molecule has 5 heteroatoms. The van der Waals surface area contributed by atoms with Crippen LogP contribution in [0.1, 0.15) is 150 Å². The van der Waals surface area contributed by atoms with Gasteiger partial charge in [0.1, 0.15) is 0 Å². The molecule has 0 aromatic rings. The van der Waals surface area contributed by atoms with Gasteiger partial charge in [0.25, 0.3) is 0 Å². The van der Waals surface area contributed by atoms with Gasteiger partial charge in [0.15, 0.2) is 0 Å². The Kier molecular flexibility index (Phi) is 42.6. The number of unbranched alkanes of at least 4 members (excludes halogenated alkanes) is 14. The van der Waals surface area contributed by atoms with Crippen molar-refractivity contribution in [3.05, 3.63) is 0 Å². The maximum atomic E-state index is 10.3. The Bertz CT molecular complexity index is 302. The number of aliphatic hydroxyl groups excluding tert-OH is 2. The number of hydrogen-bond acceptors (Lipinski definition) is 3. The Hall–Kier alpha value is -0.0775. The predicted molar refractivity (Wildman–Crippen MR) is 137 cm³/mol. The number of carbonyl (C=O) groups is 1. The SMILES string of the molecule is CCC(C)O.CCC(C)O.CCCCCCCCCCCCCCCCCC(=O)O.[Al]. The fraction of sp³-hybridized carbons (Fsp3) is 0.962. The first-order valence-corrected chi connectivity index (χ1v) is 12.9. The zero-order valence-corrected chi connectivity index (χ0v) is 22.9. The van der Waals surface area contributed by atoms with Crippen molar-refractivity contribution < 1.29 is 20.1 Å². The predicted octanol–water partition coefficient (Wildman–Crippen LogP) is 7.51. The van der Waals surface area contributed by atoms with Crippen molar-refractivity contribution in [1.82, 2.24) is 0 Å². The van der Waals surface area contributed by atoms with Gasteiger partial charge in [-0.3, -0.25) is 4.79 Å². The standard InChI is InChI=1S/C18H36O2.2C4H10O.Al/c1-2-3-4-5-6-7-8-9-10-11-12-13-14-15-16-17-18(19)20;2*1-3-4(2)5;/h2-17H2,1H3,(H,19,20);2*4-5H,3H2,1-2H3;. The van der Waals surface area contributed by atoms with Crippen LogP contribution in [-0.2, 0) is 4.79 Å². The van der Waals surface area contributed by atoms with Crippen molar-refractivity contribution in [1.29, 1.82) is 0 Å². The summed E-state index contributed by atoms with van der Waals surface area (Å²) in [5.74, 6) is -0.653. The third-order valence-electron chi connectivity index (χ3n) is 5.18. The smallest absolute Gasteiger partial charge is 0.303 e. The van der Waals surface area contributed by atoms with Crippen molar-refractivity contribution in [2.45, 2.75) is 162 Å². The summed E-state index contributed by atoms with van der Waals surface area (Å²) in [6, 6.07) is 0. The Morgan fingerprint density at radius 3 is 1.00 bits per heavy atom. The molecule has 2 atom stereocenters. The van der Waals surface area contributed by atoms with E-state index in [4.69, 9.17) is 15.3 Å². The van der Waals surface area contributed by atoms with E-state index in [1.165, 1.54) is 83.5 Å². The van der Waals surface area contributed by atoms with Gasteiger partial charge in [0.2, 0.25) is 0 Å². The normalized spacial score (nSPS) is 11.8. The first-order chi connectivity index (χ1) is 14.3. The molecule has 0 aliphatic carbocycles. The van der Waals surface area contributed by atoms with Gasteiger partial charge in [-0.25, -0.2) is 0 Å². The van der Waals surface area contributed by atoms with Crippen molar-refractivity contribution in [3.8, 4) is 0 Å². The largest absolute Gasteiger partial charge is 0.481 e. The molecule has 0 aromatic heterocycles. The molecule has 0 spiro atoms. The molecule has 0 heterocycles. The number of carboxylic acids is 1. The molecule has 3 N–H and O–H groups in total. The van der Waals surface area contributed by atoms with Gasteiger partial charge in [-0.1, -0.05) is 111 Å². The van der Waals surface area contributed by atoms with Crippen LogP contribution in [0.25, 0.3) is 0 Å². The van der Waals surface area contributed by atoms with Gasteiger partial charge in [-0.2, -0.15) is 0 Å². The van der Waals surface area contributed by atoms with E-state index in [1.807, 2.05) is 13.8 Å². The maximum Gasteiger partial charge on any atom is 0.303 e. The summed E-state index contributed by atoms with van der Waals surface area (Å²) >= 11 is 0. The third-order valence-corrected chi connectivity index (χ3v) is 5.18. The summed E-state index contributed by atoms with van der Waals surface area (Å²) in [6.45, 7) is 9.72. The Labute approximate surface area is 205 Å². The Morgan fingerprint density at radius 1 is 0.581 bits per heavy atom. The van der Waals surface area contributed by atoms with Gasteiger partial charge >= 0.3 is 5.97 Å². The van der Waals surface area contributed by atoms with Gasteiger partial charge in [0, 0.05) is 23.8 Å². The van der Waals surface area contributed by atoms with E-state index < -0.39 is 5.97 Å². The highest BCUT2D eigenvalue weighted by Gasteiger charge is 1.97. The van der Waals surface area contributed by atoms with E-state index in [0.29, 0.717) is 6.42 Å². The molecule has 0 aromatic carbocycles. The molecule has 0 aliphatic heterocycles. The van der Waals surface area contributed by atoms with Crippen LogP contribution >= 0.6 is 0 Å². The number of rotatable bonds is 18. The van der Waals surface area contributed by atoms with Gasteiger partial charge < -0.3 is 15.3 Å². The van der Waals surface area contributed by atoms with Crippen LogP contribution in [0.15, 0.2) is 0 Å². The molecular weight excluding hydrogens is 403 g/mol. The van der Waals surface area contributed by atoms with Crippen molar-refractivity contribution >= 4 is 23.3 Å². The van der Waals surface area contributed by atoms with Crippen LogP contribution in [0.2, 0.25) is 0 Å². The monoisotopic (exact) mass is 459 g/mol. The highest BCUT2D eigenvalue weighted by atomic mass is 27.0. The minimum atomic E-state index is -0.653. The van der Waals surface area contributed by atoms with Crippen molar-refractivity contribution in [3.63, 3.8) is 0 Å². The molecule has 3 radical (unpaired) electrons. The zero-order chi connectivity index (χ0) is 23.5. The minimum Gasteiger partial charge on any atom is -0.481 e. The molecule has 0 saturated carbocycles. The fourth-order valence-corrected chi connectivity index (χ4v) is 2.65. The second-order valence-corrected chi connectivity index (χ2v) is 8.61. The van der Waals surface area contributed by atoms with Crippen LogP contribution in [0.5, 0.6) is 0 Å². The molecule has 0 rings (SSSR count). The minimum absolute atomic E-state index is 0. The molecule has 0 saturated heterocycles. The number of aliphatic carboxylic acids is 1. The zero-order valence-electron chi connectivity index (χ0n) is 21.7. The van der Waals surface area contributed by atoms with Crippen LogP contribution in [0, 0.1) is 0 Å². The Morgan fingerprint density at radius 2 is 0.806 bits per heavy atom. The van der Waals surface area contributed by atoms with E-state index in [2.05, 4.69) is 6.92 Å². The van der Waals surface area contributed by atoms with Crippen LogP contribution in [-0.4, -0.2) is 50.9 Å². The first-order valence-electron chi connectivity index (χ1n) is 12.9. The summed E-state index contributed by atoms with van der Waals surface area (Å²) in [7, 11) is 0. The van der Waals surface area contributed by atoms with E-state index in [-0.39, 0.29) is 29.6 Å². The average Bonchev–Trinajstić information content (AvgIpc) is 2.71. The first kappa shape index (κ1) is 38.2. The number of hydrogen-bond donors (Lipinski definition) is 3. The van der Waals surface area contributed by atoms with Crippen molar-refractivity contribution in [2.24, 2.45) is 0 Å². The highest BCUT2D eigenvalue weighted by molar-refractivity contribution is 5.75. The molecule has 0 amide bonds. The lowest BCUT2D eigenvalue weighted by molar-refractivity contribution is -0.137. The Balaban J connectivity index is -0.000000275. The summed E-state index contributed by atoms with van der Waals surface area (Å²) in [4.78, 5) is 10.3. The van der Waals surface area contributed by atoms with E-state index >= 15 is 0 Å². The van der Waals surface area contributed by atoms with Crippen LogP contribution in [0.4, 0.5) is 0 Å². The van der Waals surface area contributed by atoms with Crippen molar-refractivity contribution in [2.75, 3.05) is 0 Å². The van der Waals surface area contributed by atoms with Gasteiger partial charge in [0.05, 0.1) is 12.2 Å². The fourth-order valence-electron chi connectivity index (χ4n) is 2.65. The second-order valence-electron chi connectivity index (χ2n) is 8.61. The molecule has 0 aliphatic rings. The lowest BCUT2D eigenvalue weighted by Crippen LogP contribution is -1.93. The van der Waals surface area contributed by atoms with E-state index in [1.54, 1.807) is 13.8 Å². The summed E-state index contributed by atoms with van der Waals surface area (Å²) in [5, 5.41) is 25.2. The molecule has 0 bridgehead atoms. The molecule has 2 unspecified atom stereocenters. The van der Waals surface area contributed by atoms with Crippen LogP contribution in [0.3, 0.4) is 0 Å². The number of aliphatic hydroxyl groups is 2. The van der Waals surface area contributed by atoms with Gasteiger partial charge in [-0.05, 0) is 33.1 Å². The molecule has 187 valence electrons. The topological polar surface area (TPSA) is 77.8 Å². The van der Waals surface area contributed by atoms with E-state index in [0.717, 1.165) is 25.7 Å². The second kappa shape index (κ2) is 34.5. The third kappa shape index (κ3) is 53.3. The molecule has 31 heavy (non-hydrogen) atoms. The van der Waals surface area contributed by atoms with Crippen LogP contribution < -0.4 is 0 Å². The highest BCUT2D eigenvalue weighted by Crippen LogP contribution is 2.13. The van der Waals surface area contributed by atoms with Gasteiger partial charge in [-0.15, -0.1) is 0 Å². The average molecular weight is 460 g/mol. The van der Waals surface area contributed by atoms with E-state index in [9.17, 15) is 4.79 Å². The lowest BCUT2D eigenvalue weighted by atomic mass is 10.0.